The van der Waals surface area contributed by atoms with Crippen LogP contribution in [0.5, 0.6) is 0 Å². The Bertz CT molecular complexity index is 809. The molecule has 4 rings (SSSR count). The predicted octanol–water partition coefficient (Wildman–Crippen LogP) is 2.01. The van der Waals surface area contributed by atoms with E-state index in [1.54, 1.807) is 0 Å². The molecule has 1 saturated heterocycles. The SMILES string of the molecule is Cn1ncc2c1CN([C@@H]1COC(c3cc(F)c(F)cc3F)C(N)C1)C2. The van der Waals surface area contributed by atoms with E-state index in [4.69, 9.17) is 10.5 Å². The molecule has 0 radical (unpaired) electrons. The second kappa shape index (κ2) is 6.12. The predicted molar refractivity (Wildman–Crippen MR) is 83.8 cm³/mol. The fraction of sp³-hybridized carbons (Fsp3) is 0.471. The molecule has 134 valence electrons. The van der Waals surface area contributed by atoms with Crippen LogP contribution < -0.4 is 5.73 Å². The minimum Gasteiger partial charge on any atom is -0.370 e. The lowest BCUT2D eigenvalue weighted by molar-refractivity contribution is -0.0534. The molecule has 2 aliphatic rings. The van der Waals surface area contributed by atoms with E-state index in [9.17, 15) is 13.2 Å². The summed E-state index contributed by atoms with van der Waals surface area (Å²) in [6.45, 7) is 1.89. The van der Waals surface area contributed by atoms with Crippen LogP contribution >= 0.6 is 0 Å². The van der Waals surface area contributed by atoms with Gasteiger partial charge < -0.3 is 10.5 Å². The number of benzene rings is 1. The molecule has 1 aromatic carbocycles. The lowest BCUT2D eigenvalue weighted by atomic mass is 9.93. The fourth-order valence-corrected chi connectivity index (χ4v) is 3.74. The van der Waals surface area contributed by atoms with E-state index in [0.29, 0.717) is 19.1 Å². The highest BCUT2D eigenvalue weighted by atomic mass is 19.2. The van der Waals surface area contributed by atoms with E-state index in [1.165, 1.54) is 11.3 Å². The zero-order valence-corrected chi connectivity index (χ0v) is 13.8. The van der Waals surface area contributed by atoms with Crippen molar-refractivity contribution in [2.24, 2.45) is 12.8 Å². The minimum absolute atomic E-state index is 0.0289. The molecule has 0 spiro atoms. The lowest BCUT2D eigenvalue weighted by Gasteiger charge is -2.38. The Morgan fingerprint density at radius 2 is 1.92 bits per heavy atom. The largest absolute Gasteiger partial charge is 0.370 e. The average Bonchev–Trinajstić information content (AvgIpc) is 3.14. The van der Waals surface area contributed by atoms with Gasteiger partial charge in [0, 0.05) is 49.4 Å². The first kappa shape index (κ1) is 16.6. The van der Waals surface area contributed by atoms with Crippen LogP contribution in [0.4, 0.5) is 13.2 Å². The van der Waals surface area contributed by atoms with E-state index in [-0.39, 0.29) is 11.6 Å². The van der Waals surface area contributed by atoms with Crippen LogP contribution in [0.25, 0.3) is 0 Å². The number of hydrogen-bond acceptors (Lipinski definition) is 4. The number of halogens is 3. The summed E-state index contributed by atoms with van der Waals surface area (Å²) in [6.07, 6.45) is 1.67. The van der Waals surface area contributed by atoms with E-state index >= 15 is 0 Å². The summed E-state index contributed by atoms with van der Waals surface area (Å²) in [6, 6.07) is 0.969. The number of aryl methyl sites for hydroxylation is 1. The molecular formula is C17H19F3N4O. The zero-order chi connectivity index (χ0) is 17.7. The highest BCUT2D eigenvalue weighted by Gasteiger charge is 2.37. The molecule has 1 aromatic heterocycles. The molecule has 25 heavy (non-hydrogen) atoms. The van der Waals surface area contributed by atoms with Gasteiger partial charge in [-0.05, 0) is 12.5 Å². The molecule has 2 aliphatic heterocycles. The Morgan fingerprint density at radius 3 is 2.64 bits per heavy atom. The number of hydrogen-bond donors (Lipinski definition) is 1. The Morgan fingerprint density at radius 1 is 1.16 bits per heavy atom. The second-order valence-electron chi connectivity index (χ2n) is 6.74. The smallest absolute Gasteiger partial charge is 0.161 e. The van der Waals surface area contributed by atoms with Crippen LogP contribution in [-0.4, -0.2) is 33.4 Å². The maximum Gasteiger partial charge on any atom is 0.161 e. The van der Waals surface area contributed by atoms with Crippen molar-refractivity contribution < 1.29 is 17.9 Å². The van der Waals surface area contributed by atoms with Gasteiger partial charge in [-0.3, -0.25) is 9.58 Å². The number of nitrogens with zero attached hydrogens (tertiary/aromatic N) is 3. The molecule has 1 fully saturated rings. The molecule has 0 saturated carbocycles. The number of rotatable bonds is 2. The Hall–Kier alpha value is -1.90. The van der Waals surface area contributed by atoms with Crippen molar-refractivity contribution in [2.75, 3.05) is 6.61 Å². The first-order chi connectivity index (χ1) is 11.9. The molecule has 2 unspecified atom stereocenters. The van der Waals surface area contributed by atoms with E-state index < -0.39 is 29.6 Å². The maximum absolute atomic E-state index is 14.0. The summed E-state index contributed by atoms with van der Waals surface area (Å²) in [7, 11) is 1.91. The fourth-order valence-electron chi connectivity index (χ4n) is 3.74. The first-order valence-electron chi connectivity index (χ1n) is 8.19. The van der Waals surface area contributed by atoms with Gasteiger partial charge in [0.1, 0.15) is 11.9 Å². The Balaban J connectivity index is 1.47. The Kier molecular flexibility index (Phi) is 4.05. The number of ether oxygens (including phenoxy) is 1. The van der Waals surface area contributed by atoms with Gasteiger partial charge in [-0.1, -0.05) is 0 Å². The summed E-state index contributed by atoms with van der Waals surface area (Å²) in [5, 5.41) is 4.24. The molecule has 0 aliphatic carbocycles. The normalized spacial score (nSPS) is 26.8. The van der Waals surface area contributed by atoms with Crippen molar-refractivity contribution in [3.8, 4) is 0 Å². The Labute approximate surface area is 143 Å². The quantitative estimate of drug-likeness (QED) is 0.840. The molecule has 8 heteroatoms. The third-order valence-corrected chi connectivity index (χ3v) is 5.14. The van der Waals surface area contributed by atoms with Gasteiger partial charge >= 0.3 is 0 Å². The summed E-state index contributed by atoms with van der Waals surface area (Å²) in [5.74, 6) is -3.15. The van der Waals surface area contributed by atoms with Crippen molar-refractivity contribution in [3.63, 3.8) is 0 Å². The van der Waals surface area contributed by atoms with E-state index in [1.807, 2.05) is 17.9 Å². The van der Waals surface area contributed by atoms with Crippen molar-refractivity contribution in [1.82, 2.24) is 14.7 Å². The highest BCUT2D eigenvalue weighted by Crippen LogP contribution is 2.34. The average molecular weight is 352 g/mol. The topological polar surface area (TPSA) is 56.3 Å². The monoisotopic (exact) mass is 352 g/mol. The van der Waals surface area contributed by atoms with Crippen molar-refractivity contribution in [1.29, 1.82) is 0 Å². The molecule has 0 bridgehead atoms. The van der Waals surface area contributed by atoms with Crippen molar-refractivity contribution in [3.05, 3.63) is 52.6 Å². The molecule has 5 nitrogen and oxygen atoms in total. The van der Waals surface area contributed by atoms with Gasteiger partial charge in [-0.25, -0.2) is 13.2 Å². The molecule has 3 heterocycles. The minimum atomic E-state index is -1.22. The van der Waals surface area contributed by atoms with Crippen molar-refractivity contribution >= 4 is 0 Å². The van der Waals surface area contributed by atoms with Gasteiger partial charge in [-0.2, -0.15) is 5.10 Å². The van der Waals surface area contributed by atoms with Gasteiger partial charge in [0.05, 0.1) is 18.5 Å². The number of aromatic nitrogens is 2. The second-order valence-corrected chi connectivity index (χ2v) is 6.74. The van der Waals surface area contributed by atoms with Gasteiger partial charge in [0.2, 0.25) is 0 Å². The van der Waals surface area contributed by atoms with Gasteiger partial charge in [0.15, 0.2) is 11.6 Å². The van der Waals surface area contributed by atoms with Crippen LogP contribution in [0.2, 0.25) is 0 Å². The van der Waals surface area contributed by atoms with Crippen LogP contribution in [0.1, 0.15) is 29.3 Å². The first-order valence-corrected chi connectivity index (χ1v) is 8.19. The van der Waals surface area contributed by atoms with E-state index in [0.717, 1.165) is 19.2 Å². The number of nitrogens with two attached hydrogens (primary N) is 1. The zero-order valence-electron chi connectivity index (χ0n) is 13.8. The third kappa shape index (κ3) is 2.84. The van der Waals surface area contributed by atoms with Crippen molar-refractivity contribution in [2.45, 2.75) is 37.7 Å². The lowest BCUT2D eigenvalue weighted by Crippen LogP contribution is -2.47. The molecule has 2 aromatic rings. The summed E-state index contributed by atoms with van der Waals surface area (Å²) >= 11 is 0. The highest BCUT2D eigenvalue weighted by molar-refractivity contribution is 5.25. The van der Waals surface area contributed by atoms with Crippen LogP contribution in [0, 0.1) is 17.5 Å². The van der Waals surface area contributed by atoms with Gasteiger partial charge in [0.25, 0.3) is 0 Å². The summed E-state index contributed by atoms with van der Waals surface area (Å²) in [4.78, 5) is 2.25. The summed E-state index contributed by atoms with van der Waals surface area (Å²) in [5.41, 5.74) is 8.51. The maximum atomic E-state index is 14.0. The number of fused-ring (bicyclic) bond motifs is 1. The van der Waals surface area contributed by atoms with Crippen LogP contribution in [-0.2, 0) is 24.9 Å². The summed E-state index contributed by atoms with van der Waals surface area (Å²) < 4.78 is 48.2. The molecule has 0 amide bonds. The van der Waals surface area contributed by atoms with Crippen LogP contribution in [0.15, 0.2) is 18.3 Å². The van der Waals surface area contributed by atoms with Gasteiger partial charge in [-0.15, -0.1) is 0 Å². The third-order valence-electron chi connectivity index (χ3n) is 5.14. The van der Waals surface area contributed by atoms with E-state index in [2.05, 4.69) is 10.00 Å². The standard InChI is InChI=1S/C17H19F3N4O/c1-23-16-7-24(6-9(16)5-22-23)10-2-15(21)17(25-8-10)11-3-13(19)14(20)4-12(11)18/h3-5,10,15,17H,2,6-8,21H2,1H3/t10-,15?,17?/m0/s1. The molecule has 2 N–H and O–H groups in total. The van der Waals surface area contributed by atoms with Crippen LogP contribution in [0.3, 0.4) is 0 Å². The molecule has 3 atom stereocenters. The molecular weight excluding hydrogens is 333 g/mol.